The minimum atomic E-state index is 0.220. The monoisotopic (exact) mass is 259 g/mol. The van der Waals surface area contributed by atoms with Crippen molar-refractivity contribution in [2.45, 2.75) is 35.7 Å². The molecular weight excluding hydrogens is 242 g/mol. The van der Waals surface area contributed by atoms with Gasteiger partial charge in [-0.25, -0.2) is 9.97 Å². The second-order valence-electron chi connectivity index (χ2n) is 4.13. The first-order chi connectivity index (χ1) is 8.79. The molecule has 0 saturated carbocycles. The van der Waals surface area contributed by atoms with Gasteiger partial charge in [0.2, 0.25) is 0 Å². The first-order valence-electron chi connectivity index (χ1n) is 6.07. The van der Waals surface area contributed by atoms with E-state index in [-0.39, 0.29) is 6.04 Å². The summed E-state index contributed by atoms with van der Waals surface area (Å²) in [5.41, 5.74) is 7.32. The molecule has 0 radical (unpaired) electrons. The fourth-order valence-electron chi connectivity index (χ4n) is 1.65. The summed E-state index contributed by atoms with van der Waals surface area (Å²) in [6, 6.07) is 10.5. The van der Waals surface area contributed by atoms with Gasteiger partial charge in [-0.05, 0) is 30.5 Å². The van der Waals surface area contributed by atoms with Crippen LogP contribution in [0.25, 0.3) is 0 Å². The van der Waals surface area contributed by atoms with E-state index in [4.69, 9.17) is 5.73 Å². The molecule has 94 valence electrons. The Hall–Kier alpha value is -1.39. The zero-order valence-electron chi connectivity index (χ0n) is 10.4. The quantitative estimate of drug-likeness (QED) is 0.839. The van der Waals surface area contributed by atoms with E-state index in [0.717, 1.165) is 17.9 Å². The summed E-state index contributed by atoms with van der Waals surface area (Å²) >= 11 is 1.66. The lowest BCUT2D eigenvalue weighted by molar-refractivity contribution is 0.641. The highest BCUT2D eigenvalue weighted by molar-refractivity contribution is 7.99. The topological polar surface area (TPSA) is 51.8 Å². The maximum atomic E-state index is 6.03. The number of nitrogens with zero attached hydrogens (tertiary/aromatic N) is 2. The van der Waals surface area contributed by atoms with E-state index < -0.39 is 0 Å². The Labute approximate surface area is 112 Å². The Morgan fingerprint density at radius 2 is 2.11 bits per heavy atom. The summed E-state index contributed by atoms with van der Waals surface area (Å²) in [6.45, 7) is 2.12. The fourth-order valence-corrected chi connectivity index (χ4v) is 2.53. The van der Waals surface area contributed by atoms with Crippen molar-refractivity contribution in [3.8, 4) is 0 Å². The lowest BCUT2D eigenvalue weighted by Crippen LogP contribution is -2.21. The maximum absolute atomic E-state index is 6.03. The number of aromatic nitrogens is 2. The van der Waals surface area contributed by atoms with E-state index >= 15 is 0 Å². The van der Waals surface area contributed by atoms with E-state index in [1.165, 1.54) is 10.5 Å². The van der Waals surface area contributed by atoms with E-state index in [0.29, 0.717) is 0 Å². The fraction of sp³-hybridized carbons (Fsp3) is 0.286. The Morgan fingerprint density at radius 3 is 2.83 bits per heavy atom. The summed E-state index contributed by atoms with van der Waals surface area (Å²) in [7, 11) is 0. The van der Waals surface area contributed by atoms with Gasteiger partial charge in [-0.15, -0.1) is 0 Å². The molecule has 0 amide bonds. The van der Waals surface area contributed by atoms with Crippen LogP contribution in [-0.2, 0) is 6.42 Å². The van der Waals surface area contributed by atoms with Gasteiger partial charge in [-0.1, -0.05) is 36.9 Å². The van der Waals surface area contributed by atoms with Crippen LogP contribution in [0.15, 0.2) is 52.8 Å². The molecule has 0 aliphatic rings. The molecule has 2 N–H and O–H groups in total. The maximum Gasteiger partial charge on any atom is 0.116 e. The van der Waals surface area contributed by atoms with E-state index in [2.05, 4.69) is 35.1 Å². The molecule has 0 saturated heterocycles. The first-order valence-corrected chi connectivity index (χ1v) is 6.88. The highest BCUT2D eigenvalue weighted by Gasteiger charge is 2.08. The van der Waals surface area contributed by atoms with Gasteiger partial charge in [0.15, 0.2) is 0 Å². The highest BCUT2D eigenvalue weighted by atomic mass is 32.2. The van der Waals surface area contributed by atoms with Gasteiger partial charge < -0.3 is 5.73 Å². The van der Waals surface area contributed by atoms with Crippen molar-refractivity contribution in [2.24, 2.45) is 5.73 Å². The molecule has 1 heterocycles. The van der Waals surface area contributed by atoms with Crippen LogP contribution in [0.4, 0.5) is 0 Å². The highest BCUT2D eigenvalue weighted by Crippen LogP contribution is 2.29. The zero-order chi connectivity index (χ0) is 12.8. The van der Waals surface area contributed by atoms with Crippen LogP contribution >= 0.6 is 11.8 Å². The summed E-state index contributed by atoms with van der Waals surface area (Å²) in [4.78, 5) is 9.38. The van der Waals surface area contributed by atoms with E-state index in [1.54, 1.807) is 24.3 Å². The van der Waals surface area contributed by atoms with Crippen molar-refractivity contribution in [1.82, 2.24) is 9.97 Å². The summed E-state index contributed by atoms with van der Waals surface area (Å²) in [6.07, 6.45) is 5.23. The van der Waals surface area contributed by atoms with Gasteiger partial charge in [-0.3, -0.25) is 0 Å². The van der Waals surface area contributed by atoms with Gasteiger partial charge in [0.05, 0.1) is 0 Å². The molecule has 1 aromatic carbocycles. The standard InChI is InChI=1S/C14H17N3S/c1-2-12(15)9-11-5-3-4-6-13(11)18-14-7-8-16-10-17-14/h3-8,10,12H,2,9,15H2,1H3. The number of hydrogen-bond acceptors (Lipinski definition) is 4. The normalized spacial score (nSPS) is 12.3. The van der Waals surface area contributed by atoms with Crippen molar-refractivity contribution in [2.75, 3.05) is 0 Å². The summed E-state index contributed by atoms with van der Waals surface area (Å²) in [5, 5.41) is 0.961. The van der Waals surface area contributed by atoms with Crippen molar-refractivity contribution in [3.63, 3.8) is 0 Å². The van der Waals surface area contributed by atoms with E-state index in [1.807, 2.05) is 12.1 Å². The molecule has 18 heavy (non-hydrogen) atoms. The van der Waals surface area contributed by atoms with Crippen LogP contribution in [0.5, 0.6) is 0 Å². The van der Waals surface area contributed by atoms with E-state index in [9.17, 15) is 0 Å². The number of hydrogen-bond donors (Lipinski definition) is 1. The Bertz CT molecular complexity index is 487. The molecule has 4 heteroatoms. The minimum Gasteiger partial charge on any atom is -0.327 e. The van der Waals surface area contributed by atoms with Crippen LogP contribution in [-0.4, -0.2) is 16.0 Å². The summed E-state index contributed by atoms with van der Waals surface area (Å²) in [5.74, 6) is 0. The Kier molecular flexibility index (Phi) is 4.73. The van der Waals surface area contributed by atoms with Gasteiger partial charge in [0.25, 0.3) is 0 Å². The minimum absolute atomic E-state index is 0.220. The van der Waals surface area contributed by atoms with Crippen LogP contribution < -0.4 is 5.73 Å². The molecule has 0 aliphatic heterocycles. The largest absolute Gasteiger partial charge is 0.327 e. The molecule has 0 bridgehead atoms. The predicted molar refractivity (Wildman–Crippen MR) is 74.6 cm³/mol. The first kappa shape index (κ1) is 13.1. The molecule has 0 spiro atoms. The lowest BCUT2D eigenvalue weighted by Gasteiger charge is -2.12. The average Bonchev–Trinajstić information content (AvgIpc) is 2.42. The molecular formula is C14H17N3S. The molecule has 1 atom stereocenters. The zero-order valence-corrected chi connectivity index (χ0v) is 11.2. The van der Waals surface area contributed by atoms with Gasteiger partial charge in [0, 0.05) is 17.1 Å². The van der Waals surface area contributed by atoms with Crippen LogP contribution in [0.1, 0.15) is 18.9 Å². The second kappa shape index (κ2) is 6.52. The lowest BCUT2D eigenvalue weighted by atomic mass is 10.1. The second-order valence-corrected chi connectivity index (χ2v) is 5.19. The molecule has 1 aromatic heterocycles. The third-order valence-electron chi connectivity index (χ3n) is 2.75. The Morgan fingerprint density at radius 1 is 1.28 bits per heavy atom. The van der Waals surface area contributed by atoms with Gasteiger partial charge in [0.1, 0.15) is 11.4 Å². The molecule has 1 unspecified atom stereocenters. The van der Waals surface area contributed by atoms with Gasteiger partial charge in [-0.2, -0.15) is 0 Å². The molecule has 2 aromatic rings. The molecule has 2 rings (SSSR count). The van der Waals surface area contributed by atoms with Gasteiger partial charge >= 0.3 is 0 Å². The van der Waals surface area contributed by atoms with Crippen molar-refractivity contribution in [3.05, 3.63) is 48.4 Å². The van der Waals surface area contributed by atoms with Crippen molar-refractivity contribution < 1.29 is 0 Å². The Balaban J connectivity index is 2.17. The SMILES string of the molecule is CCC(N)Cc1ccccc1Sc1ccncn1. The predicted octanol–water partition coefficient (Wildman–Crippen LogP) is 2.91. The van der Waals surface area contributed by atoms with Crippen LogP contribution in [0.2, 0.25) is 0 Å². The van der Waals surface area contributed by atoms with Crippen molar-refractivity contribution in [1.29, 1.82) is 0 Å². The third kappa shape index (κ3) is 3.55. The van der Waals surface area contributed by atoms with Crippen molar-refractivity contribution >= 4 is 11.8 Å². The van der Waals surface area contributed by atoms with Crippen LogP contribution in [0.3, 0.4) is 0 Å². The molecule has 0 aliphatic carbocycles. The number of nitrogens with two attached hydrogens (primary N) is 1. The summed E-state index contributed by atoms with van der Waals surface area (Å²) < 4.78 is 0. The number of benzene rings is 1. The molecule has 0 fully saturated rings. The molecule has 3 nitrogen and oxygen atoms in total. The van der Waals surface area contributed by atoms with Crippen LogP contribution in [0, 0.1) is 0 Å². The third-order valence-corrected chi connectivity index (χ3v) is 3.82. The number of rotatable bonds is 5. The smallest absolute Gasteiger partial charge is 0.116 e. The average molecular weight is 259 g/mol.